The molecule has 0 aliphatic carbocycles. The van der Waals surface area contributed by atoms with Crippen LogP contribution in [0.25, 0.3) is 0 Å². The Hall–Kier alpha value is -1.23. The van der Waals surface area contributed by atoms with Gasteiger partial charge in [-0.2, -0.15) is 13.2 Å². The van der Waals surface area contributed by atoms with Gasteiger partial charge >= 0.3 is 6.18 Å². The minimum Gasteiger partial charge on any atom is -0.372 e. The summed E-state index contributed by atoms with van der Waals surface area (Å²) in [5.41, 5.74) is 2.19. The predicted molar refractivity (Wildman–Crippen MR) is 70.2 cm³/mol. The highest BCUT2D eigenvalue weighted by molar-refractivity contribution is 5.48. The van der Waals surface area contributed by atoms with Gasteiger partial charge in [0.05, 0.1) is 5.92 Å². The van der Waals surface area contributed by atoms with E-state index in [0.29, 0.717) is 13.1 Å². The molecule has 0 radical (unpaired) electrons. The summed E-state index contributed by atoms with van der Waals surface area (Å²) in [5, 5.41) is 3.07. The summed E-state index contributed by atoms with van der Waals surface area (Å²) in [6, 6.07) is 8.00. The van der Waals surface area contributed by atoms with E-state index in [2.05, 4.69) is 5.32 Å². The van der Waals surface area contributed by atoms with E-state index in [-0.39, 0.29) is 12.8 Å². The zero-order valence-corrected chi connectivity index (χ0v) is 11.0. The van der Waals surface area contributed by atoms with Gasteiger partial charge in [0.15, 0.2) is 0 Å². The summed E-state index contributed by atoms with van der Waals surface area (Å²) >= 11 is 0. The van der Waals surface area contributed by atoms with E-state index < -0.39 is 12.1 Å². The van der Waals surface area contributed by atoms with E-state index in [9.17, 15) is 13.2 Å². The van der Waals surface area contributed by atoms with E-state index in [0.717, 1.165) is 12.2 Å². The average Bonchev–Trinajstić information content (AvgIpc) is 2.39. The standard InChI is InChI=1S/C14H19F3N2/c1-18-10-11-2-4-13(5-3-11)19-8-6-12(7-9-19)14(15,16)17/h2-5,12,18H,6-10H2,1H3. The number of alkyl halides is 3. The van der Waals surface area contributed by atoms with Crippen molar-refractivity contribution in [3.63, 3.8) is 0 Å². The highest BCUT2D eigenvalue weighted by atomic mass is 19.4. The molecule has 1 aromatic carbocycles. The van der Waals surface area contributed by atoms with Crippen LogP contribution in [-0.4, -0.2) is 26.3 Å². The van der Waals surface area contributed by atoms with Gasteiger partial charge < -0.3 is 10.2 Å². The van der Waals surface area contributed by atoms with Crippen molar-refractivity contribution >= 4 is 5.69 Å². The molecule has 2 nitrogen and oxygen atoms in total. The second-order valence-corrected chi connectivity index (χ2v) is 5.00. The number of halogens is 3. The third kappa shape index (κ3) is 3.62. The zero-order chi connectivity index (χ0) is 13.9. The lowest BCUT2D eigenvalue weighted by Gasteiger charge is -2.34. The first-order valence-corrected chi connectivity index (χ1v) is 6.56. The molecule has 1 saturated heterocycles. The van der Waals surface area contributed by atoms with Crippen LogP contribution in [0.5, 0.6) is 0 Å². The van der Waals surface area contributed by atoms with Gasteiger partial charge in [-0.15, -0.1) is 0 Å². The fourth-order valence-electron chi connectivity index (χ4n) is 2.49. The molecule has 0 aromatic heterocycles. The Morgan fingerprint density at radius 3 is 2.21 bits per heavy atom. The Kier molecular flexibility index (Phi) is 4.34. The van der Waals surface area contributed by atoms with E-state index in [1.165, 1.54) is 5.56 Å². The molecule has 0 amide bonds. The third-order valence-electron chi connectivity index (χ3n) is 3.64. The molecule has 1 aliphatic rings. The molecule has 19 heavy (non-hydrogen) atoms. The smallest absolute Gasteiger partial charge is 0.372 e. The van der Waals surface area contributed by atoms with E-state index in [4.69, 9.17) is 0 Å². The van der Waals surface area contributed by atoms with Crippen LogP contribution in [0, 0.1) is 5.92 Å². The molecule has 1 heterocycles. The topological polar surface area (TPSA) is 15.3 Å². The quantitative estimate of drug-likeness (QED) is 0.909. The summed E-state index contributed by atoms with van der Waals surface area (Å²) in [7, 11) is 1.88. The average molecular weight is 272 g/mol. The number of piperidine rings is 1. The molecule has 0 bridgehead atoms. The summed E-state index contributed by atoms with van der Waals surface area (Å²) in [6.45, 7) is 1.77. The molecule has 5 heteroatoms. The van der Waals surface area contributed by atoms with Crippen molar-refractivity contribution in [2.75, 3.05) is 25.0 Å². The monoisotopic (exact) mass is 272 g/mol. The highest BCUT2D eigenvalue weighted by Crippen LogP contribution is 2.35. The van der Waals surface area contributed by atoms with Gasteiger partial charge in [-0.3, -0.25) is 0 Å². The molecule has 0 unspecified atom stereocenters. The summed E-state index contributed by atoms with van der Waals surface area (Å²) < 4.78 is 37.7. The van der Waals surface area contributed by atoms with Gasteiger partial charge in [-0.1, -0.05) is 12.1 Å². The zero-order valence-electron chi connectivity index (χ0n) is 11.0. The Morgan fingerprint density at radius 1 is 1.16 bits per heavy atom. The van der Waals surface area contributed by atoms with Gasteiger partial charge in [0, 0.05) is 25.3 Å². The van der Waals surface area contributed by atoms with Gasteiger partial charge in [0.25, 0.3) is 0 Å². The van der Waals surface area contributed by atoms with Crippen molar-refractivity contribution < 1.29 is 13.2 Å². The summed E-state index contributed by atoms with van der Waals surface area (Å²) in [5.74, 6) is -1.13. The normalized spacial score (nSPS) is 17.8. The lowest BCUT2D eigenvalue weighted by molar-refractivity contribution is -0.179. The summed E-state index contributed by atoms with van der Waals surface area (Å²) in [6.07, 6.45) is -3.65. The lowest BCUT2D eigenvalue weighted by Crippen LogP contribution is -2.38. The van der Waals surface area contributed by atoms with Crippen LogP contribution in [-0.2, 0) is 6.54 Å². The van der Waals surface area contributed by atoms with Gasteiger partial charge in [-0.25, -0.2) is 0 Å². The highest BCUT2D eigenvalue weighted by Gasteiger charge is 2.41. The van der Waals surface area contributed by atoms with Crippen molar-refractivity contribution in [2.45, 2.75) is 25.6 Å². The van der Waals surface area contributed by atoms with E-state index in [1.807, 2.05) is 36.2 Å². The molecule has 1 aliphatic heterocycles. The first kappa shape index (κ1) is 14.2. The van der Waals surface area contributed by atoms with Crippen molar-refractivity contribution in [3.05, 3.63) is 29.8 Å². The molecule has 1 N–H and O–H groups in total. The SMILES string of the molecule is CNCc1ccc(N2CCC(C(F)(F)F)CC2)cc1. The minimum atomic E-state index is -4.04. The number of hydrogen-bond acceptors (Lipinski definition) is 2. The Labute approximate surface area is 111 Å². The Morgan fingerprint density at radius 2 is 1.74 bits per heavy atom. The summed E-state index contributed by atoms with van der Waals surface area (Å²) in [4.78, 5) is 2.03. The number of nitrogens with one attached hydrogen (secondary N) is 1. The number of nitrogens with zero attached hydrogens (tertiary/aromatic N) is 1. The Balaban J connectivity index is 1.94. The molecule has 106 valence electrons. The maximum Gasteiger partial charge on any atom is 0.391 e. The number of anilines is 1. The van der Waals surface area contributed by atoms with Crippen LogP contribution in [0.15, 0.2) is 24.3 Å². The molecule has 0 saturated carbocycles. The van der Waals surface area contributed by atoms with Crippen molar-refractivity contribution in [2.24, 2.45) is 5.92 Å². The second-order valence-electron chi connectivity index (χ2n) is 5.00. The third-order valence-corrected chi connectivity index (χ3v) is 3.64. The van der Waals surface area contributed by atoms with Crippen LogP contribution < -0.4 is 10.2 Å². The first-order chi connectivity index (χ1) is 9.00. The van der Waals surface area contributed by atoms with Crippen LogP contribution >= 0.6 is 0 Å². The maximum atomic E-state index is 12.6. The van der Waals surface area contributed by atoms with Crippen LogP contribution in [0.4, 0.5) is 18.9 Å². The number of rotatable bonds is 3. The van der Waals surface area contributed by atoms with Crippen molar-refractivity contribution in [3.8, 4) is 0 Å². The lowest BCUT2D eigenvalue weighted by atomic mass is 9.96. The second kappa shape index (κ2) is 5.82. The fraction of sp³-hybridized carbons (Fsp3) is 0.571. The largest absolute Gasteiger partial charge is 0.391 e. The molecule has 1 fully saturated rings. The van der Waals surface area contributed by atoms with E-state index >= 15 is 0 Å². The van der Waals surface area contributed by atoms with Crippen molar-refractivity contribution in [1.82, 2.24) is 5.32 Å². The number of hydrogen-bond donors (Lipinski definition) is 1. The van der Waals surface area contributed by atoms with E-state index in [1.54, 1.807) is 0 Å². The van der Waals surface area contributed by atoms with Crippen LogP contribution in [0.2, 0.25) is 0 Å². The van der Waals surface area contributed by atoms with Crippen LogP contribution in [0.1, 0.15) is 18.4 Å². The molecule has 1 aromatic rings. The van der Waals surface area contributed by atoms with Crippen LogP contribution in [0.3, 0.4) is 0 Å². The molecular weight excluding hydrogens is 253 g/mol. The minimum absolute atomic E-state index is 0.196. The van der Waals surface area contributed by atoms with Gasteiger partial charge in [-0.05, 0) is 37.6 Å². The molecule has 2 rings (SSSR count). The van der Waals surface area contributed by atoms with Gasteiger partial charge in [0.2, 0.25) is 0 Å². The Bertz CT molecular complexity index is 392. The molecule has 0 atom stereocenters. The first-order valence-electron chi connectivity index (χ1n) is 6.56. The van der Waals surface area contributed by atoms with Gasteiger partial charge in [0.1, 0.15) is 0 Å². The number of benzene rings is 1. The molecular formula is C14H19F3N2. The fourth-order valence-corrected chi connectivity index (χ4v) is 2.49. The maximum absolute atomic E-state index is 12.6. The van der Waals surface area contributed by atoms with Crippen molar-refractivity contribution in [1.29, 1.82) is 0 Å². The predicted octanol–water partition coefficient (Wildman–Crippen LogP) is 3.18. The molecule has 0 spiro atoms.